The lowest BCUT2D eigenvalue weighted by molar-refractivity contribution is 0.100. The molecule has 0 saturated heterocycles. The van der Waals surface area contributed by atoms with Gasteiger partial charge in [0.15, 0.2) is 17.5 Å². The zero-order valence-corrected chi connectivity index (χ0v) is 18.4. The van der Waals surface area contributed by atoms with Crippen LogP contribution in [0.1, 0.15) is 36.0 Å². The van der Waals surface area contributed by atoms with Gasteiger partial charge in [-0.05, 0) is 43.2 Å². The van der Waals surface area contributed by atoms with Gasteiger partial charge in [0.05, 0.1) is 16.3 Å². The lowest BCUT2D eigenvalue weighted by atomic mass is 9.91. The van der Waals surface area contributed by atoms with E-state index < -0.39 is 17.5 Å². The number of aromatic nitrogens is 2. The summed E-state index contributed by atoms with van der Waals surface area (Å²) in [6.07, 6.45) is 5.11. The number of nitrogens with zero attached hydrogens (tertiary/aromatic N) is 2. The van der Waals surface area contributed by atoms with Crippen molar-refractivity contribution in [1.29, 1.82) is 0 Å². The Balaban J connectivity index is 1.67. The number of primary amides is 1. The minimum Gasteiger partial charge on any atom is -0.365 e. The summed E-state index contributed by atoms with van der Waals surface area (Å²) in [6.45, 7) is 0. The van der Waals surface area contributed by atoms with E-state index in [2.05, 4.69) is 20.6 Å². The maximum absolute atomic E-state index is 14.7. The third-order valence-electron chi connectivity index (χ3n) is 5.63. The monoisotopic (exact) mass is 472 g/mol. The molecule has 10 heteroatoms. The van der Waals surface area contributed by atoms with Gasteiger partial charge >= 0.3 is 0 Å². The second-order valence-corrected chi connectivity index (χ2v) is 8.34. The number of nitrogens with one attached hydrogen (secondary N) is 2. The first-order chi connectivity index (χ1) is 15.8. The van der Waals surface area contributed by atoms with Crippen LogP contribution in [0.2, 0.25) is 5.02 Å². The first kappa shape index (κ1) is 22.9. The van der Waals surface area contributed by atoms with Crippen molar-refractivity contribution in [3.8, 4) is 11.3 Å². The molecule has 1 saturated carbocycles. The summed E-state index contributed by atoms with van der Waals surface area (Å²) in [5, 5.41) is 6.00. The Labute approximate surface area is 194 Å². The van der Waals surface area contributed by atoms with Gasteiger partial charge in [-0.2, -0.15) is 0 Å². The molecular formula is C23H23ClF2N6O. The van der Waals surface area contributed by atoms with E-state index in [1.54, 1.807) is 24.3 Å². The van der Waals surface area contributed by atoms with E-state index in [9.17, 15) is 13.6 Å². The Bertz CT molecular complexity index is 1190. The number of amides is 1. The highest BCUT2D eigenvalue weighted by Gasteiger charge is 2.24. The van der Waals surface area contributed by atoms with E-state index in [1.165, 1.54) is 12.3 Å². The smallest absolute Gasteiger partial charge is 0.252 e. The number of anilines is 3. The van der Waals surface area contributed by atoms with Crippen LogP contribution in [0.3, 0.4) is 0 Å². The van der Waals surface area contributed by atoms with Gasteiger partial charge in [0.1, 0.15) is 5.82 Å². The van der Waals surface area contributed by atoms with Crippen LogP contribution in [0.5, 0.6) is 0 Å². The maximum atomic E-state index is 14.7. The molecule has 3 aromatic rings. The molecular weight excluding hydrogens is 450 g/mol. The number of nitrogens with two attached hydrogens (primary N) is 2. The number of halogens is 3. The van der Waals surface area contributed by atoms with Gasteiger partial charge in [-0.25, -0.2) is 13.8 Å². The number of carbonyl (C=O) groups excluding carboxylic acids is 1. The molecule has 0 radical (unpaired) electrons. The van der Waals surface area contributed by atoms with Crippen molar-refractivity contribution in [2.75, 3.05) is 10.6 Å². The standard InChI is InChI=1S/C23H23ClF2N6O/c24-15-5-3-4-13(20(15)26)19-10-12(8-9-29-19)30-22-14(21(28)33)11-16(25)23(32-22)31-18-7-2-1-6-17(18)27/h3-5,8-11,17-18H,1-2,6-7,27H2,(H2,28,33)(H2,29,30,31,32). The lowest BCUT2D eigenvalue weighted by Crippen LogP contribution is -2.43. The molecule has 2 aromatic heterocycles. The molecule has 6 N–H and O–H groups in total. The van der Waals surface area contributed by atoms with E-state index in [0.717, 1.165) is 31.7 Å². The summed E-state index contributed by atoms with van der Waals surface area (Å²) in [4.78, 5) is 20.4. The van der Waals surface area contributed by atoms with E-state index in [1.807, 2.05) is 0 Å². The van der Waals surface area contributed by atoms with Crippen molar-refractivity contribution >= 4 is 34.8 Å². The molecule has 1 aliphatic carbocycles. The van der Waals surface area contributed by atoms with Crippen LogP contribution in [-0.2, 0) is 0 Å². The van der Waals surface area contributed by atoms with Gasteiger partial charge in [-0.3, -0.25) is 9.78 Å². The highest BCUT2D eigenvalue weighted by molar-refractivity contribution is 6.31. The molecule has 2 heterocycles. The molecule has 0 bridgehead atoms. The molecule has 33 heavy (non-hydrogen) atoms. The zero-order chi connectivity index (χ0) is 23.5. The molecule has 172 valence electrons. The minimum absolute atomic E-state index is 0.0273. The van der Waals surface area contributed by atoms with Gasteiger partial charge in [-0.15, -0.1) is 0 Å². The topological polar surface area (TPSA) is 119 Å². The third-order valence-corrected chi connectivity index (χ3v) is 5.93. The minimum atomic E-state index is -0.847. The molecule has 4 rings (SSSR count). The van der Waals surface area contributed by atoms with E-state index in [0.29, 0.717) is 11.4 Å². The number of benzene rings is 1. The molecule has 1 fully saturated rings. The van der Waals surface area contributed by atoms with Crippen molar-refractivity contribution in [1.82, 2.24) is 9.97 Å². The number of hydrogen-bond donors (Lipinski definition) is 4. The Kier molecular flexibility index (Phi) is 6.71. The summed E-state index contributed by atoms with van der Waals surface area (Å²) >= 11 is 5.88. The van der Waals surface area contributed by atoms with Crippen LogP contribution < -0.4 is 22.1 Å². The largest absolute Gasteiger partial charge is 0.365 e. The fraction of sp³-hybridized carbons (Fsp3) is 0.261. The van der Waals surface area contributed by atoms with Gasteiger partial charge in [0, 0.05) is 29.5 Å². The zero-order valence-electron chi connectivity index (χ0n) is 17.6. The second-order valence-electron chi connectivity index (χ2n) is 7.93. The van der Waals surface area contributed by atoms with E-state index in [4.69, 9.17) is 23.1 Å². The quantitative estimate of drug-likeness (QED) is 0.416. The van der Waals surface area contributed by atoms with Crippen molar-refractivity contribution in [2.24, 2.45) is 11.5 Å². The molecule has 7 nitrogen and oxygen atoms in total. The molecule has 1 amide bonds. The Morgan fingerprint density at radius 1 is 1.12 bits per heavy atom. The number of hydrogen-bond acceptors (Lipinski definition) is 6. The number of pyridine rings is 2. The van der Waals surface area contributed by atoms with Crippen molar-refractivity contribution in [2.45, 2.75) is 37.8 Å². The summed E-state index contributed by atoms with van der Waals surface area (Å²) in [7, 11) is 0. The number of rotatable bonds is 6. The highest BCUT2D eigenvalue weighted by Crippen LogP contribution is 2.30. The Morgan fingerprint density at radius 2 is 1.91 bits per heavy atom. The van der Waals surface area contributed by atoms with Crippen LogP contribution in [0.4, 0.5) is 26.1 Å². The van der Waals surface area contributed by atoms with E-state index >= 15 is 0 Å². The van der Waals surface area contributed by atoms with Crippen LogP contribution in [0, 0.1) is 11.6 Å². The molecule has 2 unspecified atom stereocenters. The van der Waals surface area contributed by atoms with Crippen molar-refractivity contribution < 1.29 is 13.6 Å². The Morgan fingerprint density at radius 3 is 2.67 bits per heavy atom. The molecule has 0 aliphatic heterocycles. The van der Waals surface area contributed by atoms with Gasteiger partial charge in [-0.1, -0.05) is 30.5 Å². The molecule has 1 aromatic carbocycles. The fourth-order valence-electron chi connectivity index (χ4n) is 3.88. The molecule has 2 atom stereocenters. The first-order valence-corrected chi connectivity index (χ1v) is 10.9. The average Bonchev–Trinajstić information content (AvgIpc) is 2.79. The van der Waals surface area contributed by atoms with Crippen LogP contribution in [0.25, 0.3) is 11.3 Å². The van der Waals surface area contributed by atoms with Crippen molar-refractivity contribution in [3.05, 3.63) is 64.8 Å². The first-order valence-electron chi connectivity index (χ1n) is 10.5. The molecule has 0 spiro atoms. The predicted octanol–water partition coefficient (Wildman–Crippen LogP) is 4.60. The van der Waals surface area contributed by atoms with Gasteiger partial charge in [0.2, 0.25) is 0 Å². The Hall–Kier alpha value is -3.30. The lowest BCUT2D eigenvalue weighted by Gasteiger charge is -2.30. The third kappa shape index (κ3) is 5.04. The second kappa shape index (κ2) is 9.68. The van der Waals surface area contributed by atoms with Crippen LogP contribution in [-0.4, -0.2) is 28.0 Å². The van der Waals surface area contributed by atoms with Gasteiger partial charge in [0.25, 0.3) is 5.91 Å². The van der Waals surface area contributed by atoms with Crippen LogP contribution in [0.15, 0.2) is 42.6 Å². The summed E-state index contributed by atoms with van der Waals surface area (Å²) < 4.78 is 29.2. The predicted molar refractivity (Wildman–Crippen MR) is 124 cm³/mol. The molecule has 1 aliphatic rings. The summed E-state index contributed by atoms with van der Waals surface area (Å²) in [5.74, 6) is -2.13. The average molecular weight is 473 g/mol. The van der Waals surface area contributed by atoms with Gasteiger partial charge < -0.3 is 22.1 Å². The number of carbonyl (C=O) groups is 1. The summed E-state index contributed by atoms with van der Waals surface area (Å²) in [5.41, 5.74) is 12.5. The maximum Gasteiger partial charge on any atom is 0.252 e. The summed E-state index contributed by atoms with van der Waals surface area (Å²) in [6, 6.07) is 8.55. The normalized spacial score (nSPS) is 18.1. The van der Waals surface area contributed by atoms with Crippen molar-refractivity contribution in [3.63, 3.8) is 0 Å². The fourth-order valence-corrected chi connectivity index (χ4v) is 4.06. The van der Waals surface area contributed by atoms with E-state index in [-0.39, 0.29) is 39.9 Å². The highest BCUT2D eigenvalue weighted by atomic mass is 35.5. The SMILES string of the molecule is NC(=O)c1cc(F)c(NC2CCCCC2N)nc1Nc1ccnc(-c2cccc(Cl)c2F)c1. The van der Waals surface area contributed by atoms with Crippen LogP contribution >= 0.6 is 11.6 Å².